The lowest BCUT2D eigenvalue weighted by Gasteiger charge is -2.27. The first-order valence-electron chi connectivity index (χ1n) is 7.44. The Hall–Kier alpha value is -1.60. The third-order valence-electron chi connectivity index (χ3n) is 3.67. The molecule has 6 nitrogen and oxygen atoms in total. The van der Waals surface area contributed by atoms with E-state index < -0.39 is 10.0 Å². The minimum Gasteiger partial charge on any atom is -0.337 e. The Labute approximate surface area is 131 Å². The van der Waals surface area contributed by atoms with Gasteiger partial charge in [0.1, 0.15) is 0 Å². The van der Waals surface area contributed by atoms with Gasteiger partial charge in [0.05, 0.1) is 6.26 Å². The highest BCUT2D eigenvalue weighted by atomic mass is 32.2. The summed E-state index contributed by atoms with van der Waals surface area (Å²) in [5.41, 5.74) is 0.926. The van der Waals surface area contributed by atoms with E-state index in [1.165, 1.54) is 10.6 Å². The van der Waals surface area contributed by atoms with Gasteiger partial charge >= 0.3 is 6.03 Å². The van der Waals surface area contributed by atoms with Crippen LogP contribution in [0.3, 0.4) is 0 Å². The second-order valence-corrected chi connectivity index (χ2v) is 7.57. The van der Waals surface area contributed by atoms with E-state index in [0.29, 0.717) is 0 Å². The Balaban J connectivity index is 1.93. The number of carbonyl (C=O) groups is 1. The van der Waals surface area contributed by atoms with E-state index >= 15 is 0 Å². The molecule has 0 bridgehead atoms. The van der Waals surface area contributed by atoms with Crippen LogP contribution >= 0.6 is 0 Å². The molecule has 1 fully saturated rings. The maximum Gasteiger partial charge on any atom is 0.315 e. The van der Waals surface area contributed by atoms with Crippen LogP contribution in [0.15, 0.2) is 30.3 Å². The molecule has 0 saturated heterocycles. The zero-order valence-electron chi connectivity index (χ0n) is 13.0. The summed E-state index contributed by atoms with van der Waals surface area (Å²) >= 11 is 0. The normalized spacial score (nSPS) is 16.3. The predicted molar refractivity (Wildman–Crippen MR) is 86.0 cm³/mol. The van der Waals surface area contributed by atoms with Crippen LogP contribution in [-0.2, 0) is 10.0 Å². The molecule has 0 aromatic heterocycles. The summed E-state index contributed by atoms with van der Waals surface area (Å²) < 4.78 is 25.4. The maximum atomic E-state index is 12.0. The molecule has 122 valence electrons. The lowest BCUT2D eigenvalue weighted by atomic mass is 10.1. The van der Waals surface area contributed by atoms with E-state index in [9.17, 15) is 13.2 Å². The van der Waals surface area contributed by atoms with Gasteiger partial charge in [0.25, 0.3) is 0 Å². The van der Waals surface area contributed by atoms with Crippen LogP contribution in [0.4, 0.5) is 4.79 Å². The lowest BCUT2D eigenvalue weighted by molar-refractivity contribution is 0.238. The van der Waals surface area contributed by atoms with Gasteiger partial charge in [-0.15, -0.1) is 0 Å². The largest absolute Gasteiger partial charge is 0.337 e. The number of sulfonamides is 1. The molecule has 0 spiro atoms. The fraction of sp³-hybridized carbons (Fsp3) is 0.533. The van der Waals surface area contributed by atoms with Gasteiger partial charge in [0.2, 0.25) is 10.0 Å². The topological polar surface area (TPSA) is 78.5 Å². The number of amides is 2. The predicted octanol–water partition coefficient (Wildman–Crippen LogP) is 1.47. The van der Waals surface area contributed by atoms with Gasteiger partial charge in [-0.2, -0.15) is 4.31 Å². The number of nitrogens with zero attached hydrogens (tertiary/aromatic N) is 1. The zero-order chi connectivity index (χ0) is 16.2. The SMILES string of the molecule is CC(c1ccccc1)N(CCNC(=O)NC1CC1)S(C)(=O)=O. The number of hydrogen-bond donors (Lipinski definition) is 2. The molecule has 1 aliphatic rings. The van der Waals surface area contributed by atoms with E-state index in [1.807, 2.05) is 37.3 Å². The summed E-state index contributed by atoms with van der Waals surface area (Å²) in [6.45, 7) is 2.37. The standard InChI is InChI=1S/C15H23N3O3S/c1-12(13-6-4-3-5-7-13)18(22(2,20)21)11-10-16-15(19)17-14-8-9-14/h3-7,12,14H,8-11H2,1-2H3,(H2,16,17,19). The molecule has 0 radical (unpaired) electrons. The fourth-order valence-electron chi connectivity index (χ4n) is 2.29. The van der Waals surface area contributed by atoms with Gasteiger partial charge in [-0.25, -0.2) is 13.2 Å². The second-order valence-electron chi connectivity index (χ2n) is 5.63. The van der Waals surface area contributed by atoms with Crippen LogP contribution in [-0.4, -0.2) is 44.1 Å². The minimum absolute atomic E-state index is 0.233. The van der Waals surface area contributed by atoms with Crippen LogP contribution in [0.2, 0.25) is 0 Å². The summed E-state index contributed by atoms with van der Waals surface area (Å²) in [7, 11) is -3.36. The van der Waals surface area contributed by atoms with E-state index in [1.54, 1.807) is 0 Å². The summed E-state index contributed by atoms with van der Waals surface area (Å²) in [4.78, 5) is 11.6. The Morgan fingerprint density at radius 1 is 1.32 bits per heavy atom. The van der Waals surface area contributed by atoms with Gasteiger partial charge in [0.15, 0.2) is 0 Å². The first-order chi connectivity index (χ1) is 10.4. The van der Waals surface area contributed by atoms with Gasteiger partial charge < -0.3 is 10.6 Å². The van der Waals surface area contributed by atoms with Crippen molar-refractivity contribution >= 4 is 16.1 Å². The van der Waals surface area contributed by atoms with Crippen molar-refractivity contribution in [2.45, 2.75) is 31.8 Å². The maximum absolute atomic E-state index is 12.0. The molecule has 1 atom stereocenters. The number of benzene rings is 1. The molecule has 1 unspecified atom stereocenters. The van der Waals surface area contributed by atoms with Gasteiger partial charge in [-0.1, -0.05) is 30.3 Å². The number of hydrogen-bond acceptors (Lipinski definition) is 3. The van der Waals surface area contributed by atoms with Gasteiger partial charge in [-0.05, 0) is 25.3 Å². The molecule has 1 aromatic rings. The van der Waals surface area contributed by atoms with Gasteiger partial charge in [-0.3, -0.25) is 0 Å². The molecule has 1 aliphatic carbocycles. The molecular weight excluding hydrogens is 302 g/mol. The van der Waals surface area contributed by atoms with Crippen molar-refractivity contribution in [2.75, 3.05) is 19.3 Å². The van der Waals surface area contributed by atoms with Gasteiger partial charge in [0, 0.05) is 25.2 Å². The quantitative estimate of drug-likeness (QED) is 0.797. The average Bonchev–Trinajstić information content (AvgIpc) is 3.26. The lowest BCUT2D eigenvalue weighted by Crippen LogP contribution is -2.43. The first-order valence-corrected chi connectivity index (χ1v) is 9.29. The van der Waals surface area contributed by atoms with E-state index in [2.05, 4.69) is 10.6 Å². The first kappa shape index (κ1) is 16.8. The van der Waals surface area contributed by atoms with Crippen molar-refractivity contribution in [2.24, 2.45) is 0 Å². The summed E-state index contributed by atoms with van der Waals surface area (Å²) in [5.74, 6) is 0. The molecule has 0 aliphatic heterocycles. The molecular formula is C15H23N3O3S. The van der Waals surface area contributed by atoms with E-state index in [-0.39, 0.29) is 31.2 Å². The smallest absolute Gasteiger partial charge is 0.315 e. The van der Waals surface area contributed by atoms with Crippen molar-refractivity contribution < 1.29 is 13.2 Å². The average molecular weight is 325 g/mol. The second kappa shape index (κ2) is 7.11. The van der Waals surface area contributed by atoms with Crippen molar-refractivity contribution in [3.05, 3.63) is 35.9 Å². The molecule has 7 heteroatoms. The monoisotopic (exact) mass is 325 g/mol. The molecule has 1 aromatic carbocycles. The van der Waals surface area contributed by atoms with E-state index in [0.717, 1.165) is 18.4 Å². The van der Waals surface area contributed by atoms with Crippen LogP contribution in [0.25, 0.3) is 0 Å². The number of urea groups is 1. The summed E-state index contributed by atoms with van der Waals surface area (Å²) in [5, 5.41) is 5.52. The number of rotatable bonds is 7. The Kier molecular flexibility index (Phi) is 5.42. The number of nitrogens with one attached hydrogen (secondary N) is 2. The zero-order valence-corrected chi connectivity index (χ0v) is 13.8. The Morgan fingerprint density at radius 3 is 2.50 bits per heavy atom. The minimum atomic E-state index is -3.36. The van der Waals surface area contributed by atoms with Crippen LogP contribution in [0.1, 0.15) is 31.4 Å². The highest BCUT2D eigenvalue weighted by Gasteiger charge is 2.25. The highest BCUT2D eigenvalue weighted by Crippen LogP contribution is 2.22. The van der Waals surface area contributed by atoms with Crippen molar-refractivity contribution in [1.29, 1.82) is 0 Å². The van der Waals surface area contributed by atoms with Crippen molar-refractivity contribution in [3.63, 3.8) is 0 Å². The molecule has 2 amide bonds. The molecule has 22 heavy (non-hydrogen) atoms. The third-order valence-corrected chi connectivity index (χ3v) is 5.02. The summed E-state index contributed by atoms with van der Waals surface area (Å²) in [6, 6.07) is 9.24. The van der Waals surface area contributed by atoms with Crippen LogP contribution in [0.5, 0.6) is 0 Å². The molecule has 2 rings (SSSR count). The van der Waals surface area contributed by atoms with Crippen LogP contribution < -0.4 is 10.6 Å². The Bertz CT molecular complexity index is 600. The Morgan fingerprint density at radius 2 is 1.95 bits per heavy atom. The third kappa shape index (κ3) is 4.99. The van der Waals surface area contributed by atoms with Crippen molar-refractivity contribution in [1.82, 2.24) is 14.9 Å². The molecule has 1 saturated carbocycles. The number of carbonyl (C=O) groups excluding carboxylic acids is 1. The molecule has 2 N–H and O–H groups in total. The van der Waals surface area contributed by atoms with Crippen LogP contribution in [0, 0.1) is 0 Å². The summed E-state index contributed by atoms with van der Waals surface area (Å²) in [6.07, 6.45) is 3.23. The fourth-order valence-corrected chi connectivity index (χ4v) is 3.41. The molecule has 0 heterocycles. The van der Waals surface area contributed by atoms with E-state index in [4.69, 9.17) is 0 Å². The van der Waals surface area contributed by atoms with Crippen molar-refractivity contribution in [3.8, 4) is 0 Å². The highest BCUT2D eigenvalue weighted by molar-refractivity contribution is 7.88.